The van der Waals surface area contributed by atoms with Crippen LogP contribution in [0.1, 0.15) is 11.1 Å². The average Bonchev–Trinajstić information content (AvgIpc) is 2.73. The second kappa shape index (κ2) is 9.13. The van der Waals surface area contributed by atoms with Gasteiger partial charge in [0.25, 0.3) is 0 Å². The summed E-state index contributed by atoms with van der Waals surface area (Å²) in [6.45, 7) is 0.353. The fourth-order valence-corrected chi connectivity index (χ4v) is 2.53. The fraction of sp³-hybridized carbons (Fsp3) is 0.100. The maximum absolute atomic E-state index is 12.2. The maximum atomic E-state index is 12.2. The van der Waals surface area contributed by atoms with Gasteiger partial charge in [-0.1, -0.05) is 60.7 Å². The number of hydrogen-bond donors (Lipinski definition) is 2. The molecular weight excluding hydrogens is 358 g/mol. The van der Waals surface area contributed by atoms with Gasteiger partial charge < -0.3 is 10.5 Å². The average molecular weight is 377 g/mol. The molecule has 0 saturated carbocycles. The van der Waals surface area contributed by atoms with Crippen molar-refractivity contribution in [2.45, 2.75) is 13.2 Å². The van der Waals surface area contributed by atoms with Crippen molar-refractivity contribution >= 4 is 29.8 Å². The Hall–Kier alpha value is -3.94. The molecule has 8 nitrogen and oxygen atoms in total. The summed E-state index contributed by atoms with van der Waals surface area (Å²) in [4.78, 5) is 33.2. The van der Waals surface area contributed by atoms with Crippen molar-refractivity contribution in [2.75, 3.05) is 16.0 Å². The first-order valence-electron chi connectivity index (χ1n) is 8.51. The number of nitrogen functional groups attached to an aromatic ring is 1. The summed E-state index contributed by atoms with van der Waals surface area (Å²) in [5.41, 5.74) is 7.75. The van der Waals surface area contributed by atoms with Crippen molar-refractivity contribution in [3.05, 3.63) is 78.1 Å². The van der Waals surface area contributed by atoms with Crippen LogP contribution in [0.25, 0.3) is 0 Å². The van der Waals surface area contributed by atoms with Gasteiger partial charge in [-0.05, 0) is 11.1 Å². The summed E-state index contributed by atoms with van der Waals surface area (Å²) in [5.74, 6) is 0.213. The minimum atomic E-state index is -0.725. The van der Waals surface area contributed by atoms with E-state index in [0.717, 1.165) is 11.1 Å². The summed E-state index contributed by atoms with van der Waals surface area (Å²) in [5, 5.41) is 2.54. The number of hydrogen-bond acceptors (Lipinski definition) is 6. The van der Waals surface area contributed by atoms with Crippen molar-refractivity contribution in [1.82, 2.24) is 9.97 Å². The van der Waals surface area contributed by atoms with Crippen molar-refractivity contribution < 1.29 is 14.3 Å². The summed E-state index contributed by atoms with van der Waals surface area (Å²) >= 11 is 0. The minimum Gasteiger partial charge on any atom is -0.444 e. The molecule has 8 heteroatoms. The Balaban J connectivity index is 1.75. The fourth-order valence-electron chi connectivity index (χ4n) is 2.53. The molecule has 142 valence electrons. The molecule has 0 atom stereocenters. The number of aromatic nitrogens is 2. The summed E-state index contributed by atoms with van der Waals surface area (Å²) in [6.07, 6.45) is 1.12. The standard InChI is InChI=1S/C20H19N5O3/c21-18-17(24-20(27)28-12-16-9-5-2-6-10-16)19(23-13-22-18)25(14-26)11-15-7-3-1-4-8-15/h1-10,13-14H,11-12H2,(H,24,27)(H2,21,22,23). The van der Waals surface area contributed by atoms with Gasteiger partial charge in [-0.2, -0.15) is 0 Å². The van der Waals surface area contributed by atoms with E-state index in [4.69, 9.17) is 10.5 Å². The quantitative estimate of drug-likeness (QED) is 0.613. The first kappa shape index (κ1) is 18.8. The van der Waals surface area contributed by atoms with Crippen LogP contribution in [0, 0.1) is 0 Å². The van der Waals surface area contributed by atoms with Crippen molar-refractivity contribution in [3.8, 4) is 0 Å². The highest BCUT2D eigenvalue weighted by atomic mass is 16.5. The molecule has 2 aromatic carbocycles. The molecule has 3 aromatic rings. The Bertz CT molecular complexity index is 935. The van der Waals surface area contributed by atoms with E-state index in [1.54, 1.807) is 0 Å². The van der Waals surface area contributed by atoms with E-state index >= 15 is 0 Å². The second-order valence-corrected chi connectivity index (χ2v) is 5.86. The Morgan fingerprint density at radius 3 is 2.32 bits per heavy atom. The molecular formula is C20H19N5O3. The van der Waals surface area contributed by atoms with Crippen LogP contribution in [0.3, 0.4) is 0 Å². The topological polar surface area (TPSA) is 110 Å². The van der Waals surface area contributed by atoms with Crippen molar-refractivity contribution in [2.24, 2.45) is 0 Å². The van der Waals surface area contributed by atoms with Gasteiger partial charge in [0.15, 0.2) is 11.6 Å². The Morgan fingerprint density at radius 2 is 1.68 bits per heavy atom. The normalized spacial score (nSPS) is 10.1. The SMILES string of the molecule is Nc1ncnc(N(C=O)Cc2ccccc2)c1NC(=O)OCc1ccccc1. The van der Waals surface area contributed by atoms with E-state index in [1.807, 2.05) is 60.7 Å². The van der Waals surface area contributed by atoms with Crippen molar-refractivity contribution in [1.29, 1.82) is 0 Å². The highest BCUT2D eigenvalue weighted by Crippen LogP contribution is 2.28. The van der Waals surface area contributed by atoms with Crippen LogP contribution < -0.4 is 16.0 Å². The third-order valence-electron chi connectivity index (χ3n) is 3.89. The zero-order valence-corrected chi connectivity index (χ0v) is 15.0. The third-order valence-corrected chi connectivity index (χ3v) is 3.89. The number of amides is 2. The minimum absolute atomic E-state index is 0.0292. The Labute approximate surface area is 162 Å². The highest BCUT2D eigenvalue weighted by molar-refractivity contribution is 5.95. The molecule has 1 heterocycles. The Morgan fingerprint density at radius 1 is 1.04 bits per heavy atom. The molecule has 0 aliphatic heterocycles. The van der Waals surface area contributed by atoms with Crippen LogP contribution in [0.4, 0.5) is 22.1 Å². The molecule has 0 saturated heterocycles. The number of carbonyl (C=O) groups excluding carboxylic acids is 2. The third kappa shape index (κ3) is 4.82. The molecule has 0 spiro atoms. The van der Waals surface area contributed by atoms with Gasteiger partial charge in [0, 0.05) is 0 Å². The van der Waals surface area contributed by atoms with Gasteiger partial charge in [0.05, 0.1) is 6.54 Å². The monoisotopic (exact) mass is 377 g/mol. The van der Waals surface area contributed by atoms with Gasteiger partial charge in [-0.15, -0.1) is 0 Å². The van der Waals surface area contributed by atoms with Crippen LogP contribution in [0.2, 0.25) is 0 Å². The largest absolute Gasteiger partial charge is 0.444 e. The number of nitrogens with one attached hydrogen (secondary N) is 1. The van der Waals surface area contributed by atoms with E-state index in [-0.39, 0.29) is 30.5 Å². The first-order valence-corrected chi connectivity index (χ1v) is 8.51. The van der Waals surface area contributed by atoms with Crippen LogP contribution in [0.15, 0.2) is 67.0 Å². The van der Waals surface area contributed by atoms with Gasteiger partial charge in [-0.25, -0.2) is 14.8 Å². The van der Waals surface area contributed by atoms with Crippen molar-refractivity contribution in [3.63, 3.8) is 0 Å². The number of rotatable bonds is 7. The maximum Gasteiger partial charge on any atom is 0.412 e. The molecule has 0 fully saturated rings. The highest BCUT2D eigenvalue weighted by Gasteiger charge is 2.19. The number of nitrogens with zero attached hydrogens (tertiary/aromatic N) is 3. The zero-order valence-electron chi connectivity index (χ0n) is 15.0. The lowest BCUT2D eigenvalue weighted by Gasteiger charge is -2.20. The summed E-state index contributed by atoms with van der Waals surface area (Å²) in [6, 6.07) is 18.6. The summed E-state index contributed by atoms with van der Waals surface area (Å²) < 4.78 is 5.21. The van der Waals surface area contributed by atoms with Crippen LogP contribution in [-0.2, 0) is 22.7 Å². The molecule has 0 aliphatic carbocycles. The molecule has 1 aromatic heterocycles. The number of anilines is 3. The lowest BCUT2D eigenvalue weighted by Crippen LogP contribution is -2.25. The van der Waals surface area contributed by atoms with Gasteiger partial charge in [0.1, 0.15) is 18.6 Å². The predicted molar refractivity (Wildman–Crippen MR) is 105 cm³/mol. The van der Waals surface area contributed by atoms with E-state index in [9.17, 15) is 9.59 Å². The van der Waals surface area contributed by atoms with Crippen LogP contribution in [0.5, 0.6) is 0 Å². The van der Waals surface area contributed by atoms with Crippen LogP contribution >= 0.6 is 0 Å². The van der Waals surface area contributed by atoms with Gasteiger partial charge in [0.2, 0.25) is 6.41 Å². The van der Waals surface area contributed by atoms with E-state index in [2.05, 4.69) is 15.3 Å². The lowest BCUT2D eigenvalue weighted by atomic mass is 10.2. The predicted octanol–water partition coefficient (Wildman–Crippen LogP) is 2.97. The molecule has 0 radical (unpaired) electrons. The molecule has 0 unspecified atom stereocenters. The number of carbonyl (C=O) groups is 2. The second-order valence-electron chi connectivity index (χ2n) is 5.86. The number of nitrogens with two attached hydrogens (primary N) is 1. The molecule has 0 bridgehead atoms. The van der Waals surface area contributed by atoms with Gasteiger partial charge in [-0.3, -0.25) is 15.0 Å². The molecule has 3 N–H and O–H groups in total. The lowest BCUT2D eigenvalue weighted by molar-refractivity contribution is -0.107. The number of benzene rings is 2. The Kier molecular flexibility index (Phi) is 6.14. The van der Waals surface area contributed by atoms with E-state index in [0.29, 0.717) is 6.41 Å². The van der Waals surface area contributed by atoms with Gasteiger partial charge >= 0.3 is 6.09 Å². The van der Waals surface area contributed by atoms with E-state index < -0.39 is 6.09 Å². The number of ether oxygens (including phenoxy) is 1. The van der Waals surface area contributed by atoms with E-state index in [1.165, 1.54) is 11.2 Å². The molecule has 0 aliphatic rings. The summed E-state index contributed by atoms with van der Waals surface area (Å²) in [7, 11) is 0. The molecule has 3 rings (SSSR count). The molecule has 28 heavy (non-hydrogen) atoms. The first-order chi connectivity index (χ1) is 13.7. The zero-order chi connectivity index (χ0) is 19.8. The smallest absolute Gasteiger partial charge is 0.412 e. The molecule has 2 amide bonds. The van der Waals surface area contributed by atoms with Crippen LogP contribution in [-0.4, -0.2) is 22.5 Å².